The summed E-state index contributed by atoms with van der Waals surface area (Å²) in [6, 6.07) is 5.31. The van der Waals surface area contributed by atoms with Gasteiger partial charge in [-0.2, -0.15) is 4.31 Å². The molecule has 0 aromatic heterocycles. The number of hydrogen-bond donors (Lipinski definition) is 2. The summed E-state index contributed by atoms with van der Waals surface area (Å²) in [5.41, 5.74) is 0.327. The molecule has 8 heteroatoms. The van der Waals surface area contributed by atoms with Crippen molar-refractivity contribution in [2.45, 2.75) is 11.8 Å². The molecule has 0 spiro atoms. The second-order valence-electron chi connectivity index (χ2n) is 3.93. The number of carboxylic acids is 1. The zero-order valence-corrected chi connectivity index (χ0v) is 12.0. The second-order valence-corrected chi connectivity index (χ2v) is 5.87. The highest BCUT2D eigenvalue weighted by atomic mass is 32.2. The summed E-state index contributed by atoms with van der Waals surface area (Å²) < 4.78 is 25.3. The fourth-order valence-corrected chi connectivity index (χ4v) is 2.99. The van der Waals surface area contributed by atoms with Gasteiger partial charge in [-0.25, -0.2) is 8.42 Å². The van der Waals surface area contributed by atoms with Crippen LogP contribution in [-0.4, -0.2) is 49.8 Å². The van der Waals surface area contributed by atoms with E-state index in [0.717, 1.165) is 4.31 Å². The first-order valence-corrected chi connectivity index (χ1v) is 7.31. The number of sulfonamides is 1. The average molecular weight is 300 g/mol. The van der Waals surface area contributed by atoms with Gasteiger partial charge in [0.25, 0.3) is 5.91 Å². The molecule has 1 amide bonds. The fraction of sp³-hybridized carbons (Fsp3) is 0.333. The minimum atomic E-state index is -3.87. The number of carbonyl (C=O) groups excluding carboxylic acids is 1. The first kappa shape index (κ1) is 16.1. The Morgan fingerprint density at radius 3 is 2.20 bits per heavy atom. The zero-order chi connectivity index (χ0) is 15.3. The standard InChI is InChI=1S/C12H16N2O5S/c1-3-14(8-11(15)16)20(18,19)10-6-4-9(5-7-10)12(17)13-2/h4-7H,3,8H2,1-2H3,(H,13,17)(H,15,16). The van der Waals surface area contributed by atoms with Gasteiger partial charge in [-0.1, -0.05) is 6.92 Å². The molecule has 0 radical (unpaired) electrons. The van der Waals surface area contributed by atoms with Crippen molar-refractivity contribution in [3.8, 4) is 0 Å². The van der Waals surface area contributed by atoms with Gasteiger partial charge < -0.3 is 10.4 Å². The van der Waals surface area contributed by atoms with Crippen molar-refractivity contribution in [1.29, 1.82) is 0 Å². The quantitative estimate of drug-likeness (QED) is 0.778. The summed E-state index contributed by atoms with van der Waals surface area (Å²) in [6.07, 6.45) is 0. The Bertz CT molecular complexity index is 595. The molecule has 1 aromatic carbocycles. The fourth-order valence-electron chi connectivity index (χ4n) is 1.59. The molecule has 0 saturated heterocycles. The van der Waals surface area contributed by atoms with Crippen molar-refractivity contribution < 1.29 is 23.1 Å². The molecule has 1 rings (SSSR count). The van der Waals surface area contributed by atoms with Crippen molar-refractivity contribution >= 4 is 21.9 Å². The monoisotopic (exact) mass is 300 g/mol. The molecule has 2 N–H and O–H groups in total. The lowest BCUT2D eigenvalue weighted by atomic mass is 10.2. The number of benzene rings is 1. The molecular formula is C12H16N2O5S. The molecular weight excluding hydrogens is 284 g/mol. The van der Waals surface area contributed by atoms with Crippen LogP contribution in [0.2, 0.25) is 0 Å². The summed E-state index contributed by atoms with van der Waals surface area (Å²) in [5.74, 6) is -1.55. The van der Waals surface area contributed by atoms with Crippen LogP contribution in [0.5, 0.6) is 0 Å². The van der Waals surface area contributed by atoms with Crippen molar-refractivity contribution in [2.24, 2.45) is 0 Å². The molecule has 1 aromatic rings. The van der Waals surface area contributed by atoms with Crippen molar-refractivity contribution in [1.82, 2.24) is 9.62 Å². The van der Waals surface area contributed by atoms with Crippen LogP contribution in [0, 0.1) is 0 Å². The van der Waals surface area contributed by atoms with E-state index in [1.165, 1.54) is 31.3 Å². The minimum Gasteiger partial charge on any atom is -0.480 e. The lowest BCUT2D eigenvalue weighted by Crippen LogP contribution is -2.35. The van der Waals surface area contributed by atoms with Crippen LogP contribution < -0.4 is 5.32 Å². The Hall–Kier alpha value is -1.93. The third kappa shape index (κ3) is 3.55. The zero-order valence-electron chi connectivity index (χ0n) is 11.2. The number of amides is 1. The highest BCUT2D eigenvalue weighted by molar-refractivity contribution is 7.89. The Balaban J connectivity index is 3.09. The van der Waals surface area contributed by atoms with E-state index in [0.29, 0.717) is 5.56 Å². The Morgan fingerprint density at radius 2 is 1.80 bits per heavy atom. The number of carboxylic acid groups (broad SMARTS) is 1. The van der Waals surface area contributed by atoms with Crippen LogP contribution in [0.3, 0.4) is 0 Å². The number of aliphatic carboxylic acids is 1. The van der Waals surface area contributed by atoms with Gasteiger partial charge in [-0.05, 0) is 24.3 Å². The van der Waals surface area contributed by atoms with Crippen LogP contribution in [0.15, 0.2) is 29.2 Å². The van der Waals surface area contributed by atoms with Gasteiger partial charge in [-0.3, -0.25) is 9.59 Å². The molecule has 110 valence electrons. The molecule has 0 atom stereocenters. The first-order chi connectivity index (χ1) is 9.32. The van der Waals surface area contributed by atoms with E-state index < -0.39 is 22.5 Å². The van der Waals surface area contributed by atoms with Crippen LogP contribution >= 0.6 is 0 Å². The lowest BCUT2D eigenvalue weighted by molar-refractivity contribution is -0.137. The van der Waals surface area contributed by atoms with Crippen molar-refractivity contribution in [2.75, 3.05) is 20.1 Å². The van der Waals surface area contributed by atoms with Crippen LogP contribution in [0.4, 0.5) is 0 Å². The van der Waals surface area contributed by atoms with Crippen molar-refractivity contribution in [3.63, 3.8) is 0 Å². The summed E-state index contributed by atoms with van der Waals surface area (Å²) in [4.78, 5) is 22.0. The highest BCUT2D eigenvalue weighted by Crippen LogP contribution is 2.16. The number of carbonyl (C=O) groups is 2. The van der Waals surface area contributed by atoms with Gasteiger partial charge in [0.2, 0.25) is 10.0 Å². The molecule has 0 bridgehead atoms. The number of nitrogens with zero attached hydrogens (tertiary/aromatic N) is 1. The van der Waals surface area contributed by atoms with E-state index >= 15 is 0 Å². The predicted molar refractivity (Wildman–Crippen MR) is 71.9 cm³/mol. The maximum absolute atomic E-state index is 12.2. The molecule has 0 heterocycles. The van der Waals surface area contributed by atoms with E-state index in [-0.39, 0.29) is 17.3 Å². The third-order valence-electron chi connectivity index (χ3n) is 2.65. The summed E-state index contributed by atoms with van der Waals surface area (Å²) in [6.45, 7) is 1.00. The summed E-state index contributed by atoms with van der Waals surface area (Å²) >= 11 is 0. The normalized spacial score (nSPS) is 11.3. The molecule has 7 nitrogen and oxygen atoms in total. The minimum absolute atomic E-state index is 0.0475. The predicted octanol–water partition coefficient (Wildman–Crippen LogP) is 0.141. The SMILES string of the molecule is CCN(CC(=O)O)S(=O)(=O)c1ccc(C(=O)NC)cc1. The van der Waals surface area contributed by atoms with E-state index in [1.54, 1.807) is 6.92 Å². The Labute approximate surface area is 117 Å². The van der Waals surface area contributed by atoms with Gasteiger partial charge in [0, 0.05) is 19.2 Å². The number of nitrogens with one attached hydrogen (secondary N) is 1. The second kappa shape index (κ2) is 6.49. The lowest BCUT2D eigenvalue weighted by Gasteiger charge is -2.18. The third-order valence-corrected chi connectivity index (χ3v) is 4.58. The Kier molecular flexibility index (Phi) is 5.23. The van der Waals surface area contributed by atoms with E-state index in [4.69, 9.17) is 5.11 Å². The number of hydrogen-bond acceptors (Lipinski definition) is 4. The van der Waals surface area contributed by atoms with E-state index in [1.807, 2.05) is 0 Å². The maximum Gasteiger partial charge on any atom is 0.318 e. The molecule has 0 aliphatic rings. The number of likely N-dealkylation sites (N-methyl/N-ethyl adjacent to an activating group) is 1. The molecule has 0 aliphatic carbocycles. The number of rotatable bonds is 6. The molecule has 0 aliphatic heterocycles. The smallest absolute Gasteiger partial charge is 0.318 e. The molecule has 0 fully saturated rings. The van der Waals surface area contributed by atoms with E-state index in [9.17, 15) is 18.0 Å². The van der Waals surface area contributed by atoms with Crippen molar-refractivity contribution in [3.05, 3.63) is 29.8 Å². The molecule has 0 saturated carbocycles. The average Bonchev–Trinajstić information content (AvgIpc) is 2.43. The Morgan fingerprint density at radius 1 is 1.25 bits per heavy atom. The molecule has 0 unspecified atom stereocenters. The maximum atomic E-state index is 12.2. The summed E-state index contributed by atoms with van der Waals surface area (Å²) in [7, 11) is -2.40. The van der Waals surface area contributed by atoms with Gasteiger partial charge in [0.15, 0.2) is 0 Å². The van der Waals surface area contributed by atoms with Crippen LogP contribution in [0.1, 0.15) is 17.3 Å². The van der Waals surface area contributed by atoms with Crippen LogP contribution in [0.25, 0.3) is 0 Å². The largest absolute Gasteiger partial charge is 0.480 e. The van der Waals surface area contributed by atoms with Gasteiger partial charge >= 0.3 is 5.97 Å². The highest BCUT2D eigenvalue weighted by Gasteiger charge is 2.25. The topological polar surface area (TPSA) is 104 Å². The van der Waals surface area contributed by atoms with Gasteiger partial charge in [0.05, 0.1) is 4.90 Å². The summed E-state index contributed by atoms with van der Waals surface area (Å²) in [5, 5.41) is 11.1. The first-order valence-electron chi connectivity index (χ1n) is 5.87. The van der Waals surface area contributed by atoms with Crippen LogP contribution in [-0.2, 0) is 14.8 Å². The molecule has 20 heavy (non-hydrogen) atoms. The van der Waals surface area contributed by atoms with E-state index in [2.05, 4.69) is 5.32 Å². The van der Waals surface area contributed by atoms with Gasteiger partial charge in [-0.15, -0.1) is 0 Å². The van der Waals surface area contributed by atoms with Gasteiger partial charge in [0.1, 0.15) is 6.54 Å².